The molecule has 2 rings (SSSR count). The summed E-state index contributed by atoms with van der Waals surface area (Å²) in [5.41, 5.74) is 2.21. The van der Waals surface area contributed by atoms with Gasteiger partial charge in [0.2, 0.25) is 0 Å². The number of benzene rings is 2. The molecule has 0 saturated heterocycles. The maximum Gasteiger partial charge on any atom is 0.336 e. The van der Waals surface area contributed by atoms with Crippen LogP contribution in [0.15, 0.2) is 48.5 Å². The van der Waals surface area contributed by atoms with Crippen molar-refractivity contribution in [3.8, 4) is 0 Å². The number of hydrogen-bond acceptors (Lipinski definition) is 1. The van der Waals surface area contributed by atoms with Crippen LogP contribution in [0.3, 0.4) is 0 Å². The van der Waals surface area contributed by atoms with Gasteiger partial charge in [0.25, 0.3) is 0 Å². The fourth-order valence-corrected chi connectivity index (χ4v) is 1.84. The second kappa shape index (κ2) is 5.48. The van der Waals surface area contributed by atoms with Crippen LogP contribution in [0.2, 0.25) is 0 Å². The fraction of sp³-hybridized carbons (Fsp3) is 0.0625. The first kappa shape index (κ1) is 13.0. The Bertz CT molecular complexity index is 630. The zero-order chi connectivity index (χ0) is 13.8. The van der Waals surface area contributed by atoms with Gasteiger partial charge in [0.05, 0.1) is 5.57 Å². The van der Waals surface area contributed by atoms with E-state index < -0.39 is 5.97 Å². The quantitative estimate of drug-likeness (QED) is 0.670. The summed E-state index contributed by atoms with van der Waals surface area (Å²) in [4.78, 5) is 11.3. The third kappa shape index (κ3) is 3.07. The number of halogens is 1. The SMILES string of the molecule is Cc1cc(F)ccc1C=C(C(=O)O)c1ccccc1. The number of carbonyl (C=O) groups is 1. The Kier molecular flexibility index (Phi) is 3.76. The van der Waals surface area contributed by atoms with Crippen molar-refractivity contribution in [3.63, 3.8) is 0 Å². The molecule has 19 heavy (non-hydrogen) atoms. The van der Waals surface area contributed by atoms with Gasteiger partial charge in [-0.1, -0.05) is 36.4 Å². The maximum atomic E-state index is 13.0. The summed E-state index contributed by atoms with van der Waals surface area (Å²) in [6.07, 6.45) is 1.56. The van der Waals surface area contributed by atoms with Crippen molar-refractivity contribution in [1.82, 2.24) is 0 Å². The monoisotopic (exact) mass is 256 g/mol. The Balaban J connectivity index is 2.51. The Morgan fingerprint density at radius 1 is 1.16 bits per heavy atom. The van der Waals surface area contributed by atoms with Crippen LogP contribution in [0.25, 0.3) is 11.6 Å². The number of carboxylic acid groups (broad SMARTS) is 1. The molecule has 0 saturated carbocycles. The van der Waals surface area contributed by atoms with Crippen LogP contribution in [0.5, 0.6) is 0 Å². The zero-order valence-corrected chi connectivity index (χ0v) is 10.4. The zero-order valence-electron chi connectivity index (χ0n) is 10.4. The van der Waals surface area contributed by atoms with Gasteiger partial charge in [0.1, 0.15) is 5.82 Å². The Hall–Kier alpha value is -2.42. The third-order valence-corrected chi connectivity index (χ3v) is 2.85. The van der Waals surface area contributed by atoms with E-state index in [0.29, 0.717) is 16.7 Å². The normalized spacial score (nSPS) is 11.4. The van der Waals surface area contributed by atoms with E-state index in [1.807, 2.05) is 6.07 Å². The highest BCUT2D eigenvalue weighted by Crippen LogP contribution is 2.20. The van der Waals surface area contributed by atoms with Gasteiger partial charge in [-0.15, -0.1) is 0 Å². The molecule has 2 aromatic rings. The fourth-order valence-electron chi connectivity index (χ4n) is 1.84. The standard InChI is InChI=1S/C16H13FO2/c1-11-9-14(17)8-7-13(11)10-15(16(18)19)12-5-3-2-4-6-12/h2-10H,1H3,(H,18,19). The Morgan fingerprint density at radius 3 is 2.42 bits per heavy atom. The predicted molar refractivity (Wildman–Crippen MR) is 73.1 cm³/mol. The molecule has 2 aromatic carbocycles. The summed E-state index contributed by atoms with van der Waals surface area (Å²) >= 11 is 0. The first-order valence-electron chi connectivity index (χ1n) is 5.84. The van der Waals surface area contributed by atoms with Crippen LogP contribution in [-0.2, 0) is 4.79 Å². The molecule has 0 spiro atoms. The summed E-state index contributed by atoms with van der Waals surface area (Å²) < 4.78 is 13.0. The van der Waals surface area contributed by atoms with Crippen LogP contribution >= 0.6 is 0 Å². The summed E-state index contributed by atoms with van der Waals surface area (Å²) in [7, 11) is 0. The molecule has 0 fully saturated rings. The van der Waals surface area contributed by atoms with E-state index in [-0.39, 0.29) is 11.4 Å². The molecule has 2 nitrogen and oxygen atoms in total. The molecule has 3 heteroatoms. The molecule has 0 bridgehead atoms. The molecule has 0 aliphatic rings. The molecule has 0 radical (unpaired) electrons. The molecule has 96 valence electrons. The lowest BCUT2D eigenvalue weighted by molar-refractivity contribution is -0.130. The number of carboxylic acids is 1. The van der Waals surface area contributed by atoms with E-state index in [4.69, 9.17) is 0 Å². The topological polar surface area (TPSA) is 37.3 Å². The van der Waals surface area contributed by atoms with Crippen LogP contribution in [-0.4, -0.2) is 11.1 Å². The Labute approximate surface area is 110 Å². The molecule has 0 atom stereocenters. The van der Waals surface area contributed by atoms with Crippen LogP contribution < -0.4 is 0 Å². The van der Waals surface area contributed by atoms with E-state index in [9.17, 15) is 14.3 Å². The molecule has 0 aliphatic carbocycles. The highest BCUT2D eigenvalue weighted by Gasteiger charge is 2.10. The van der Waals surface area contributed by atoms with Gasteiger partial charge in [-0.3, -0.25) is 0 Å². The molecule has 0 aromatic heterocycles. The molecular formula is C16H13FO2. The molecule has 1 N–H and O–H groups in total. The number of rotatable bonds is 3. The van der Waals surface area contributed by atoms with Crippen molar-refractivity contribution < 1.29 is 14.3 Å². The number of hydrogen-bond donors (Lipinski definition) is 1. The minimum atomic E-state index is -1.00. The van der Waals surface area contributed by atoms with Gasteiger partial charge in [-0.05, 0) is 41.8 Å². The minimum Gasteiger partial charge on any atom is -0.478 e. The van der Waals surface area contributed by atoms with Gasteiger partial charge in [-0.25, -0.2) is 9.18 Å². The van der Waals surface area contributed by atoms with E-state index in [2.05, 4.69) is 0 Å². The number of aliphatic carboxylic acids is 1. The van der Waals surface area contributed by atoms with Crippen molar-refractivity contribution in [3.05, 3.63) is 71.0 Å². The summed E-state index contributed by atoms with van der Waals surface area (Å²) in [5, 5.41) is 9.29. The van der Waals surface area contributed by atoms with E-state index >= 15 is 0 Å². The second-order valence-corrected chi connectivity index (χ2v) is 4.23. The average Bonchev–Trinajstić information content (AvgIpc) is 2.38. The van der Waals surface area contributed by atoms with Gasteiger partial charge < -0.3 is 5.11 Å². The lowest BCUT2D eigenvalue weighted by Gasteiger charge is -2.05. The Morgan fingerprint density at radius 2 is 1.84 bits per heavy atom. The first-order chi connectivity index (χ1) is 9.08. The largest absolute Gasteiger partial charge is 0.478 e. The maximum absolute atomic E-state index is 13.0. The van der Waals surface area contributed by atoms with Crippen molar-refractivity contribution in [1.29, 1.82) is 0 Å². The molecular weight excluding hydrogens is 243 g/mol. The highest BCUT2D eigenvalue weighted by molar-refractivity contribution is 6.20. The highest BCUT2D eigenvalue weighted by atomic mass is 19.1. The van der Waals surface area contributed by atoms with Crippen molar-refractivity contribution >= 4 is 17.6 Å². The average molecular weight is 256 g/mol. The van der Waals surface area contributed by atoms with Crippen molar-refractivity contribution in [2.75, 3.05) is 0 Å². The molecule has 0 heterocycles. The van der Waals surface area contributed by atoms with Gasteiger partial charge in [0, 0.05) is 0 Å². The second-order valence-electron chi connectivity index (χ2n) is 4.23. The van der Waals surface area contributed by atoms with Crippen LogP contribution in [0, 0.1) is 12.7 Å². The van der Waals surface area contributed by atoms with E-state index in [1.54, 1.807) is 43.3 Å². The van der Waals surface area contributed by atoms with Crippen LogP contribution in [0.4, 0.5) is 4.39 Å². The molecule has 0 unspecified atom stereocenters. The van der Waals surface area contributed by atoms with Gasteiger partial charge in [0.15, 0.2) is 0 Å². The van der Waals surface area contributed by atoms with E-state index in [1.165, 1.54) is 12.1 Å². The first-order valence-corrected chi connectivity index (χ1v) is 5.84. The van der Waals surface area contributed by atoms with Gasteiger partial charge in [-0.2, -0.15) is 0 Å². The molecule has 0 amide bonds. The van der Waals surface area contributed by atoms with E-state index in [0.717, 1.165) is 0 Å². The van der Waals surface area contributed by atoms with Crippen molar-refractivity contribution in [2.24, 2.45) is 0 Å². The lowest BCUT2D eigenvalue weighted by atomic mass is 10.0. The minimum absolute atomic E-state index is 0.190. The third-order valence-electron chi connectivity index (χ3n) is 2.85. The van der Waals surface area contributed by atoms with Gasteiger partial charge >= 0.3 is 5.97 Å². The molecule has 0 aliphatic heterocycles. The lowest BCUT2D eigenvalue weighted by Crippen LogP contribution is -1.99. The van der Waals surface area contributed by atoms with Crippen LogP contribution in [0.1, 0.15) is 16.7 Å². The van der Waals surface area contributed by atoms with Crippen molar-refractivity contribution in [2.45, 2.75) is 6.92 Å². The summed E-state index contributed by atoms with van der Waals surface area (Å²) in [6.45, 7) is 1.75. The smallest absolute Gasteiger partial charge is 0.336 e. The summed E-state index contributed by atoms with van der Waals surface area (Å²) in [5.74, 6) is -1.33. The predicted octanol–water partition coefficient (Wildman–Crippen LogP) is 3.76. The summed E-state index contributed by atoms with van der Waals surface area (Å²) in [6, 6.07) is 13.1. The number of aryl methyl sites for hydroxylation is 1.